The zero-order valence-corrected chi connectivity index (χ0v) is 17.2. The third-order valence-corrected chi connectivity index (χ3v) is 6.95. The maximum atomic E-state index is 12.6. The summed E-state index contributed by atoms with van der Waals surface area (Å²) in [4.78, 5) is 16.3. The lowest BCUT2D eigenvalue weighted by molar-refractivity contribution is -0.134. The molecule has 0 spiro atoms. The Morgan fingerprint density at radius 2 is 1.81 bits per heavy atom. The van der Waals surface area contributed by atoms with Crippen molar-refractivity contribution in [2.45, 2.75) is 37.0 Å². The van der Waals surface area contributed by atoms with Crippen LogP contribution < -0.4 is 4.74 Å². The Kier molecular flexibility index (Phi) is 6.62. The normalized spacial score (nSPS) is 15.4. The molecule has 1 fully saturated rings. The predicted octanol–water partition coefficient (Wildman–Crippen LogP) is 3.56. The number of esters is 1. The topological polar surface area (TPSA) is 76.6 Å². The maximum Gasteiger partial charge on any atom is 0.311 e. The van der Waals surface area contributed by atoms with Crippen LogP contribution in [0.5, 0.6) is 5.75 Å². The molecular weight excluding hydrogens is 432 g/mol. The van der Waals surface area contributed by atoms with E-state index >= 15 is 0 Å². The van der Waals surface area contributed by atoms with E-state index in [4.69, 9.17) is 4.74 Å². The highest BCUT2D eigenvalue weighted by Gasteiger charge is 2.25. The van der Waals surface area contributed by atoms with Gasteiger partial charge in [-0.05, 0) is 65.0 Å². The molecule has 0 aliphatic carbocycles. The molecule has 2 aromatic rings. The number of rotatable bonds is 6. The van der Waals surface area contributed by atoms with E-state index in [0.717, 1.165) is 24.8 Å². The first-order valence-corrected chi connectivity index (χ1v) is 11.1. The Hall–Kier alpha value is -1.77. The van der Waals surface area contributed by atoms with Crippen molar-refractivity contribution in [3.63, 3.8) is 0 Å². The van der Waals surface area contributed by atoms with Gasteiger partial charge in [-0.1, -0.05) is 18.6 Å². The molecule has 1 aromatic heterocycles. The molecule has 27 heavy (non-hydrogen) atoms. The van der Waals surface area contributed by atoms with Crippen molar-refractivity contribution >= 4 is 31.9 Å². The SMILES string of the molecule is O=C(CCc1ccc(S(=O)(=O)N2CCCCC2)cc1)Oc1cccnc1Br. The second-order valence-electron chi connectivity index (χ2n) is 6.38. The molecule has 6 nitrogen and oxygen atoms in total. The number of halogens is 1. The highest BCUT2D eigenvalue weighted by atomic mass is 79.9. The first-order chi connectivity index (χ1) is 13.0. The average molecular weight is 453 g/mol. The van der Waals surface area contributed by atoms with Crippen LogP contribution in [0.3, 0.4) is 0 Å². The number of aryl methyl sites for hydroxylation is 1. The number of carbonyl (C=O) groups is 1. The number of piperidine rings is 1. The molecule has 1 saturated heterocycles. The second kappa shape index (κ2) is 8.95. The van der Waals surface area contributed by atoms with Crippen molar-refractivity contribution < 1.29 is 17.9 Å². The maximum absolute atomic E-state index is 12.6. The number of hydrogen-bond acceptors (Lipinski definition) is 5. The van der Waals surface area contributed by atoms with E-state index in [0.29, 0.717) is 34.8 Å². The molecule has 1 aromatic carbocycles. The van der Waals surface area contributed by atoms with Crippen LogP contribution in [0.4, 0.5) is 0 Å². The number of carbonyl (C=O) groups excluding carboxylic acids is 1. The zero-order valence-electron chi connectivity index (χ0n) is 14.8. The van der Waals surface area contributed by atoms with E-state index in [2.05, 4.69) is 20.9 Å². The Balaban J connectivity index is 1.57. The van der Waals surface area contributed by atoms with Gasteiger partial charge in [-0.2, -0.15) is 4.31 Å². The number of benzene rings is 1. The zero-order chi connectivity index (χ0) is 19.3. The van der Waals surface area contributed by atoms with Gasteiger partial charge in [-0.25, -0.2) is 13.4 Å². The van der Waals surface area contributed by atoms with E-state index in [1.165, 1.54) is 0 Å². The fraction of sp³-hybridized carbons (Fsp3) is 0.368. The van der Waals surface area contributed by atoms with Gasteiger partial charge in [0.2, 0.25) is 10.0 Å². The summed E-state index contributed by atoms with van der Waals surface area (Å²) < 4.78 is 32.6. The van der Waals surface area contributed by atoms with E-state index in [-0.39, 0.29) is 12.4 Å². The second-order valence-corrected chi connectivity index (χ2v) is 9.06. The summed E-state index contributed by atoms with van der Waals surface area (Å²) in [6.07, 6.45) is 5.16. The van der Waals surface area contributed by atoms with Crippen LogP contribution in [-0.4, -0.2) is 36.8 Å². The fourth-order valence-electron chi connectivity index (χ4n) is 2.95. The Bertz CT molecular complexity index is 894. The molecule has 8 heteroatoms. The third kappa shape index (κ3) is 5.15. The van der Waals surface area contributed by atoms with Gasteiger partial charge in [0.1, 0.15) is 4.60 Å². The van der Waals surface area contributed by atoms with Gasteiger partial charge in [-0.3, -0.25) is 4.79 Å². The quantitative estimate of drug-likeness (QED) is 0.494. The summed E-state index contributed by atoms with van der Waals surface area (Å²) in [5.41, 5.74) is 0.884. The van der Waals surface area contributed by atoms with Crippen molar-refractivity contribution in [1.29, 1.82) is 0 Å². The van der Waals surface area contributed by atoms with Crippen LogP contribution in [0.2, 0.25) is 0 Å². The molecule has 0 unspecified atom stereocenters. The van der Waals surface area contributed by atoms with E-state index in [1.54, 1.807) is 46.9 Å². The van der Waals surface area contributed by atoms with Crippen LogP contribution in [0.15, 0.2) is 52.1 Å². The molecular formula is C19H21BrN2O4S. The molecule has 0 saturated carbocycles. The predicted molar refractivity (Wildman–Crippen MR) is 105 cm³/mol. The van der Waals surface area contributed by atoms with Gasteiger partial charge >= 0.3 is 5.97 Å². The summed E-state index contributed by atoms with van der Waals surface area (Å²) in [7, 11) is -3.43. The average Bonchev–Trinajstić information content (AvgIpc) is 2.69. The van der Waals surface area contributed by atoms with Crippen molar-refractivity contribution in [2.24, 2.45) is 0 Å². The van der Waals surface area contributed by atoms with Gasteiger partial charge in [-0.15, -0.1) is 0 Å². The van der Waals surface area contributed by atoms with Gasteiger partial charge < -0.3 is 4.74 Å². The molecule has 0 bridgehead atoms. The van der Waals surface area contributed by atoms with Crippen LogP contribution in [-0.2, 0) is 21.2 Å². The number of hydrogen-bond donors (Lipinski definition) is 0. The van der Waals surface area contributed by atoms with E-state index in [1.807, 2.05) is 0 Å². The van der Waals surface area contributed by atoms with E-state index in [9.17, 15) is 13.2 Å². The van der Waals surface area contributed by atoms with Crippen LogP contribution >= 0.6 is 15.9 Å². The molecule has 0 atom stereocenters. The Labute approximate surface area is 167 Å². The van der Waals surface area contributed by atoms with Crippen molar-refractivity contribution in [1.82, 2.24) is 9.29 Å². The molecule has 1 aliphatic heterocycles. The number of sulfonamides is 1. The van der Waals surface area contributed by atoms with Gasteiger partial charge in [0.15, 0.2) is 5.75 Å². The standard InChI is InChI=1S/C19H21BrN2O4S/c20-19-17(5-4-12-21-19)26-18(23)11-8-15-6-9-16(10-7-15)27(24,25)22-13-2-1-3-14-22/h4-7,9-10,12H,1-3,8,11,13-14H2. The minimum Gasteiger partial charge on any atom is -0.424 e. The van der Waals surface area contributed by atoms with Crippen molar-refractivity contribution in [3.8, 4) is 5.75 Å². The number of aromatic nitrogens is 1. The molecule has 2 heterocycles. The number of ether oxygens (including phenoxy) is 1. The number of nitrogens with zero attached hydrogens (tertiary/aromatic N) is 2. The summed E-state index contributed by atoms with van der Waals surface area (Å²) >= 11 is 3.23. The van der Waals surface area contributed by atoms with Gasteiger partial charge in [0.25, 0.3) is 0 Å². The molecule has 0 amide bonds. The lowest BCUT2D eigenvalue weighted by Crippen LogP contribution is -2.35. The van der Waals surface area contributed by atoms with Crippen molar-refractivity contribution in [3.05, 3.63) is 52.8 Å². The molecule has 144 valence electrons. The lowest BCUT2D eigenvalue weighted by Gasteiger charge is -2.25. The highest BCUT2D eigenvalue weighted by molar-refractivity contribution is 9.10. The lowest BCUT2D eigenvalue weighted by atomic mass is 10.1. The molecule has 3 rings (SSSR count). The Morgan fingerprint density at radius 1 is 1.11 bits per heavy atom. The van der Waals surface area contributed by atoms with E-state index < -0.39 is 10.0 Å². The highest BCUT2D eigenvalue weighted by Crippen LogP contribution is 2.23. The van der Waals surface area contributed by atoms with Crippen LogP contribution in [0, 0.1) is 0 Å². The smallest absolute Gasteiger partial charge is 0.311 e. The molecule has 0 radical (unpaired) electrons. The summed E-state index contributed by atoms with van der Waals surface area (Å²) in [5, 5.41) is 0. The Morgan fingerprint density at radius 3 is 2.48 bits per heavy atom. The number of pyridine rings is 1. The molecule has 1 aliphatic rings. The van der Waals surface area contributed by atoms with Crippen LogP contribution in [0.25, 0.3) is 0 Å². The molecule has 0 N–H and O–H groups in total. The van der Waals surface area contributed by atoms with Gasteiger partial charge in [0, 0.05) is 25.7 Å². The van der Waals surface area contributed by atoms with Gasteiger partial charge in [0.05, 0.1) is 4.90 Å². The fourth-order valence-corrected chi connectivity index (χ4v) is 4.80. The monoisotopic (exact) mass is 452 g/mol. The first kappa shape index (κ1) is 20.0. The largest absolute Gasteiger partial charge is 0.424 e. The summed E-state index contributed by atoms with van der Waals surface area (Å²) in [6, 6.07) is 10.1. The summed E-state index contributed by atoms with van der Waals surface area (Å²) in [5.74, 6) is 0.0131. The minimum absolute atomic E-state index is 0.194. The van der Waals surface area contributed by atoms with Crippen molar-refractivity contribution in [2.75, 3.05) is 13.1 Å². The minimum atomic E-state index is -3.43. The summed E-state index contributed by atoms with van der Waals surface area (Å²) in [6.45, 7) is 1.17. The third-order valence-electron chi connectivity index (χ3n) is 4.44. The first-order valence-electron chi connectivity index (χ1n) is 8.87. The van der Waals surface area contributed by atoms with Crippen LogP contribution in [0.1, 0.15) is 31.2 Å².